The first kappa shape index (κ1) is 30.1. The molecule has 0 fully saturated rings. The van der Waals surface area contributed by atoms with Gasteiger partial charge in [-0.1, -0.05) is 41.5 Å². The molecule has 11 heteroatoms. The number of carbonyl (C=O) groups excluding carboxylic acids is 3. The second-order valence-electron chi connectivity index (χ2n) is 10.3. The Morgan fingerprint density at radius 2 is 1.29 bits per heavy atom. The minimum atomic E-state index is -1.20. The molecule has 0 bridgehead atoms. The molecule has 1 aromatic heterocycles. The van der Waals surface area contributed by atoms with Gasteiger partial charge in [0.1, 0.15) is 18.1 Å². The summed E-state index contributed by atoms with van der Waals surface area (Å²) in [5.74, 6) is -2.39. The highest BCUT2D eigenvalue weighted by atomic mass is 16.4. The second-order valence-corrected chi connectivity index (χ2v) is 10.3. The van der Waals surface area contributed by atoms with Gasteiger partial charge in [-0.3, -0.25) is 14.4 Å². The number of nitrogens with zero attached hydrogens (tertiary/aromatic N) is 1. The van der Waals surface area contributed by atoms with Crippen molar-refractivity contribution < 1.29 is 24.3 Å². The third-order valence-electron chi connectivity index (χ3n) is 5.34. The van der Waals surface area contributed by atoms with Crippen molar-refractivity contribution in [3.8, 4) is 0 Å². The zero-order valence-corrected chi connectivity index (χ0v) is 21.6. The molecule has 11 nitrogen and oxygen atoms in total. The molecule has 0 saturated carbocycles. The van der Waals surface area contributed by atoms with E-state index in [9.17, 15) is 24.3 Å². The summed E-state index contributed by atoms with van der Waals surface area (Å²) in [4.78, 5) is 57.2. The molecular weight excluding hydrogens is 452 g/mol. The Hall–Kier alpha value is -2.95. The number of hydrogen-bond donors (Lipinski definition) is 6. The molecule has 0 radical (unpaired) electrons. The molecule has 1 rings (SSSR count). The summed E-state index contributed by atoms with van der Waals surface area (Å²) in [7, 11) is 0. The molecule has 0 aliphatic carbocycles. The lowest BCUT2D eigenvalue weighted by molar-refractivity contribution is -0.142. The number of carboxylic acids is 1. The van der Waals surface area contributed by atoms with Crippen LogP contribution in [0.25, 0.3) is 0 Å². The number of imidazole rings is 1. The summed E-state index contributed by atoms with van der Waals surface area (Å²) in [6.07, 6.45) is 4.06. The molecule has 4 atom stereocenters. The van der Waals surface area contributed by atoms with E-state index in [1.807, 2.05) is 41.5 Å². The minimum Gasteiger partial charge on any atom is -0.480 e. The van der Waals surface area contributed by atoms with Crippen molar-refractivity contribution in [2.75, 3.05) is 0 Å². The highest BCUT2D eigenvalue weighted by Crippen LogP contribution is 2.11. The molecule has 7 N–H and O–H groups in total. The molecule has 0 saturated heterocycles. The van der Waals surface area contributed by atoms with Gasteiger partial charge < -0.3 is 31.8 Å². The summed E-state index contributed by atoms with van der Waals surface area (Å²) in [5, 5.41) is 17.5. The van der Waals surface area contributed by atoms with E-state index in [-0.39, 0.29) is 24.2 Å². The van der Waals surface area contributed by atoms with Gasteiger partial charge in [-0.15, -0.1) is 0 Å². The van der Waals surface area contributed by atoms with Gasteiger partial charge in [0.25, 0.3) is 0 Å². The summed E-state index contributed by atoms with van der Waals surface area (Å²) in [5.41, 5.74) is 6.54. The molecule has 3 amide bonds. The van der Waals surface area contributed by atoms with Crippen LogP contribution in [0.5, 0.6) is 0 Å². The number of amides is 3. The molecule has 4 unspecified atom stereocenters. The van der Waals surface area contributed by atoms with E-state index < -0.39 is 47.9 Å². The van der Waals surface area contributed by atoms with Crippen LogP contribution in [0.1, 0.15) is 66.5 Å². The van der Waals surface area contributed by atoms with Crippen molar-refractivity contribution in [3.63, 3.8) is 0 Å². The Kier molecular flexibility index (Phi) is 12.4. The Bertz CT molecular complexity index is 824. The number of carboxylic acid groups (broad SMARTS) is 1. The van der Waals surface area contributed by atoms with E-state index in [1.54, 1.807) is 0 Å². The van der Waals surface area contributed by atoms with Crippen molar-refractivity contribution >= 4 is 23.7 Å². The van der Waals surface area contributed by atoms with Crippen LogP contribution in [-0.4, -0.2) is 62.9 Å². The Balaban J connectivity index is 2.97. The predicted molar refractivity (Wildman–Crippen MR) is 132 cm³/mol. The van der Waals surface area contributed by atoms with E-state index in [1.165, 1.54) is 12.5 Å². The van der Waals surface area contributed by atoms with Crippen molar-refractivity contribution in [2.45, 2.75) is 91.4 Å². The Morgan fingerprint density at radius 3 is 1.69 bits per heavy atom. The molecule has 1 aromatic rings. The summed E-state index contributed by atoms with van der Waals surface area (Å²) in [6, 6.07) is -3.79. The smallest absolute Gasteiger partial charge is 0.326 e. The van der Waals surface area contributed by atoms with Gasteiger partial charge in [0.05, 0.1) is 12.4 Å². The molecule has 198 valence electrons. The number of carbonyl (C=O) groups is 4. The molecule has 1 heterocycles. The van der Waals surface area contributed by atoms with Gasteiger partial charge in [-0.25, -0.2) is 9.78 Å². The number of aromatic nitrogens is 2. The van der Waals surface area contributed by atoms with Crippen LogP contribution in [0, 0.1) is 17.8 Å². The van der Waals surface area contributed by atoms with Gasteiger partial charge in [0.2, 0.25) is 17.7 Å². The predicted octanol–water partition coefficient (Wildman–Crippen LogP) is 0.957. The fourth-order valence-corrected chi connectivity index (χ4v) is 3.66. The number of nitrogens with one attached hydrogen (secondary N) is 4. The van der Waals surface area contributed by atoms with Crippen LogP contribution in [0.15, 0.2) is 12.5 Å². The second kappa shape index (κ2) is 14.4. The van der Waals surface area contributed by atoms with Gasteiger partial charge in [-0.05, 0) is 37.0 Å². The SMILES string of the molecule is CC(C)CC(N)C(=O)NC(CC(C)C)C(=O)NC(CC(C)C)C(=O)NC(Cc1cnc[nH]1)C(=O)O. The van der Waals surface area contributed by atoms with Crippen LogP contribution in [0.2, 0.25) is 0 Å². The maximum atomic E-state index is 13.2. The van der Waals surface area contributed by atoms with Crippen LogP contribution in [0.3, 0.4) is 0 Å². The quantitative estimate of drug-likeness (QED) is 0.210. The summed E-state index contributed by atoms with van der Waals surface area (Å²) in [6.45, 7) is 11.5. The van der Waals surface area contributed by atoms with E-state index in [0.29, 0.717) is 25.0 Å². The van der Waals surface area contributed by atoms with Gasteiger partial charge >= 0.3 is 5.97 Å². The van der Waals surface area contributed by atoms with Crippen molar-refractivity contribution in [1.29, 1.82) is 0 Å². The standard InChI is InChI=1S/C24H42N6O5/c1-13(2)7-17(25)21(31)28-18(8-14(3)4)22(32)29-19(9-15(5)6)23(33)30-20(24(34)35)10-16-11-26-12-27-16/h11-15,17-20H,7-10,25H2,1-6H3,(H,26,27)(H,28,31)(H,29,32)(H,30,33)(H,34,35). The van der Waals surface area contributed by atoms with Crippen molar-refractivity contribution in [1.82, 2.24) is 25.9 Å². The summed E-state index contributed by atoms with van der Waals surface area (Å²) < 4.78 is 0. The maximum absolute atomic E-state index is 13.2. The van der Waals surface area contributed by atoms with E-state index >= 15 is 0 Å². The number of H-pyrrole nitrogens is 1. The lowest BCUT2D eigenvalue weighted by Crippen LogP contribution is -2.57. The summed E-state index contributed by atoms with van der Waals surface area (Å²) >= 11 is 0. The molecule has 0 spiro atoms. The molecule has 35 heavy (non-hydrogen) atoms. The first-order valence-electron chi connectivity index (χ1n) is 12.2. The molecule has 0 aliphatic rings. The van der Waals surface area contributed by atoms with Gasteiger partial charge in [0, 0.05) is 18.3 Å². The maximum Gasteiger partial charge on any atom is 0.326 e. The van der Waals surface area contributed by atoms with E-state index in [4.69, 9.17) is 5.73 Å². The van der Waals surface area contributed by atoms with E-state index in [2.05, 4.69) is 25.9 Å². The number of aromatic amines is 1. The number of nitrogens with two attached hydrogens (primary N) is 1. The van der Waals surface area contributed by atoms with Gasteiger partial charge in [-0.2, -0.15) is 0 Å². The third kappa shape index (κ3) is 11.3. The van der Waals surface area contributed by atoms with Gasteiger partial charge in [0.15, 0.2) is 0 Å². The zero-order valence-electron chi connectivity index (χ0n) is 21.6. The topological polar surface area (TPSA) is 179 Å². The van der Waals surface area contributed by atoms with Crippen LogP contribution < -0.4 is 21.7 Å². The van der Waals surface area contributed by atoms with Crippen molar-refractivity contribution in [3.05, 3.63) is 18.2 Å². The normalized spacial score (nSPS) is 14.9. The third-order valence-corrected chi connectivity index (χ3v) is 5.34. The molecule has 0 aliphatic heterocycles. The first-order chi connectivity index (χ1) is 16.3. The first-order valence-corrected chi connectivity index (χ1v) is 12.2. The average molecular weight is 495 g/mol. The van der Waals surface area contributed by atoms with Crippen molar-refractivity contribution in [2.24, 2.45) is 23.5 Å². The number of hydrogen-bond acceptors (Lipinski definition) is 6. The highest BCUT2D eigenvalue weighted by molar-refractivity contribution is 5.94. The van der Waals surface area contributed by atoms with Crippen LogP contribution in [0.4, 0.5) is 0 Å². The van der Waals surface area contributed by atoms with Crippen LogP contribution >= 0.6 is 0 Å². The molecular formula is C24H42N6O5. The fraction of sp³-hybridized carbons (Fsp3) is 0.708. The lowest BCUT2D eigenvalue weighted by Gasteiger charge is -2.27. The largest absolute Gasteiger partial charge is 0.480 e. The lowest BCUT2D eigenvalue weighted by atomic mass is 9.98. The average Bonchev–Trinajstić information content (AvgIpc) is 3.24. The zero-order chi connectivity index (χ0) is 26.7. The number of aliphatic carboxylic acids is 1. The minimum absolute atomic E-state index is 0.0171. The monoisotopic (exact) mass is 494 g/mol. The fourth-order valence-electron chi connectivity index (χ4n) is 3.66. The Morgan fingerprint density at radius 1 is 0.829 bits per heavy atom. The van der Waals surface area contributed by atoms with Crippen LogP contribution in [-0.2, 0) is 25.6 Å². The highest BCUT2D eigenvalue weighted by Gasteiger charge is 2.31. The van der Waals surface area contributed by atoms with E-state index in [0.717, 1.165) is 0 Å². The Labute approximate surface area is 207 Å². The molecule has 0 aromatic carbocycles. The number of rotatable bonds is 15.